The Labute approximate surface area is 250 Å². The van der Waals surface area contributed by atoms with Gasteiger partial charge in [0, 0.05) is 36.9 Å². The predicted octanol–water partition coefficient (Wildman–Crippen LogP) is 3.93. The third kappa shape index (κ3) is 5.95. The van der Waals surface area contributed by atoms with Crippen molar-refractivity contribution in [3.8, 4) is 17.1 Å². The van der Waals surface area contributed by atoms with E-state index in [4.69, 9.17) is 25.4 Å². The maximum atomic E-state index is 11.9. The van der Waals surface area contributed by atoms with Crippen LogP contribution in [0, 0.1) is 0 Å². The van der Waals surface area contributed by atoms with Crippen LogP contribution < -0.4 is 21.2 Å². The van der Waals surface area contributed by atoms with Gasteiger partial charge in [-0.15, -0.1) is 0 Å². The standard InChI is InChI=1S/C31H39N9O3/c1-19-22(14-15-26(32)41)31(2,40-30(37-19)35-18-36-40)23(11-6-5-7-13-27(42)33-3)28-34-17-25(38-28)21-16-20-10-8-9-12-24(20)39-29(21)43-4/h8-10,12,16-18,23H,5-7,11,13-15H2,1-4H3,(H2,32,41)(H,33,42)(H,34,38)(H,35,36,37)/t23?,31-/m1/s1. The largest absolute Gasteiger partial charge is 0.480 e. The first-order valence-corrected chi connectivity index (χ1v) is 14.6. The van der Waals surface area contributed by atoms with Crippen LogP contribution in [0.2, 0.25) is 0 Å². The molecule has 3 aromatic rings. The Morgan fingerprint density at radius 2 is 2.00 bits per heavy atom. The van der Waals surface area contributed by atoms with Gasteiger partial charge in [0.15, 0.2) is 0 Å². The maximum Gasteiger partial charge on any atom is 0.246 e. The molecule has 2 aliphatic rings. The highest BCUT2D eigenvalue weighted by Crippen LogP contribution is 2.47. The van der Waals surface area contributed by atoms with Crippen LogP contribution in [-0.2, 0) is 9.59 Å². The molecule has 12 nitrogen and oxygen atoms in total. The number of pyridine rings is 1. The van der Waals surface area contributed by atoms with Gasteiger partial charge < -0.3 is 20.8 Å². The van der Waals surface area contributed by atoms with E-state index < -0.39 is 5.54 Å². The van der Waals surface area contributed by atoms with E-state index in [-0.39, 0.29) is 24.2 Å². The quantitative estimate of drug-likeness (QED) is 0.221. The second-order valence-corrected chi connectivity index (χ2v) is 11.1. The van der Waals surface area contributed by atoms with Gasteiger partial charge in [-0.3, -0.25) is 15.0 Å². The van der Waals surface area contributed by atoms with E-state index in [2.05, 4.69) is 33.7 Å². The van der Waals surface area contributed by atoms with Crippen LogP contribution in [-0.4, -0.2) is 63.8 Å². The number of imidazole rings is 1. The molecule has 2 aliphatic heterocycles. The number of aromatic amines is 1. The zero-order valence-electron chi connectivity index (χ0n) is 25.1. The van der Waals surface area contributed by atoms with Gasteiger partial charge in [-0.2, -0.15) is 0 Å². The van der Waals surface area contributed by atoms with Crippen LogP contribution in [0.5, 0.6) is 5.88 Å². The van der Waals surface area contributed by atoms with Crippen molar-refractivity contribution in [2.75, 3.05) is 14.2 Å². The molecule has 1 aromatic carbocycles. The zero-order chi connectivity index (χ0) is 30.6. The van der Waals surface area contributed by atoms with Crippen molar-refractivity contribution in [3.63, 3.8) is 0 Å². The number of primary amides is 1. The minimum Gasteiger partial charge on any atom is -0.480 e. The molecule has 2 atom stereocenters. The number of methoxy groups -OCH3 is 1. The molecule has 5 N–H and O–H groups in total. The number of ether oxygens (including phenoxy) is 1. The maximum absolute atomic E-state index is 11.9. The predicted molar refractivity (Wildman–Crippen MR) is 166 cm³/mol. The number of hydrazine groups is 1. The summed E-state index contributed by atoms with van der Waals surface area (Å²) in [4.78, 5) is 46.1. The summed E-state index contributed by atoms with van der Waals surface area (Å²) in [7, 11) is 3.27. The molecule has 0 saturated heterocycles. The van der Waals surface area contributed by atoms with Gasteiger partial charge in [0.25, 0.3) is 0 Å². The van der Waals surface area contributed by atoms with Gasteiger partial charge in [0.05, 0.1) is 35.6 Å². The second-order valence-electron chi connectivity index (χ2n) is 11.1. The average molecular weight is 586 g/mol. The molecule has 0 aliphatic carbocycles. The van der Waals surface area contributed by atoms with E-state index in [0.717, 1.165) is 64.9 Å². The number of H-pyrrole nitrogens is 1. The smallest absolute Gasteiger partial charge is 0.246 e. The van der Waals surface area contributed by atoms with Crippen molar-refractivity contribution >= 4 is 35.0 Å². The zero-order valence-corrected chi connectivity index (χ0v) is 25.1. The number of allylic oxidation sites excluding steroid dienone is 1. The molecule has 0 saturated carbocycles. The monoisotopic (exact) mass is 585 g/mol. The molecule has 43 heavy (non-hydrogen) atoms. The summed E-state index contributed by atoms with van der Waals surface area (Å²) in [6.45, 7) is 4.09. The Morgan fingerprint density at radius 3 is 2.77 bits per heavy atom. The number of guanidine groups is 1. The summed E-state index contributed by atoms with van der Waals surface area (Å²) >= 11 is 0. The van der Waals surface area contributed by atoms with Gasteiger partial charge >= 0.3 is 0 Å². The normalized spacial score (nSPS) is 18.3. The number of nitrogens with two attached hydrogens (primary N) is 1. The first kappa shape index (κ1) is 29.7. The number of unbranched alkanes of at least 4 members (excludes halogenated alkanes) is 2. The van der Waals surface area contributed by atoms with E-state index in [1.165, 1.54) is 0 Å². The van der Waals surface area contributed by atoms with Crippen molar-refractivity contribution in [1.29, 1.82) is 0 Å². The van der Waals surface area contributed by atoms with E-state index in [0.29, 0.717) is 24.7 Å². The lowest BCUT2D eigenvalue weighted by Gasteiger charge is -2.48. The highest BCUT2D eigenvalue weighted by molar-refractivity contribution is 5.94. The minimum absolute atomic E-state index is 0.0379. The molecule has 0 radical (unpaired) electrons. The minimum atomic E-state index is -0.686. The summed E-state index contributed by atoms with van der Waals surface area (Å²) in [5.74, 6) is 1.34. The fourth-order valence-electron chi connectivity index (χ4n) is 6.16. The van der Waals surface area contributed by atoms with Crippen LogP contribution in [0.3, 0.4) is 0 Å². The molecule has 0 bridgehead atoms. The highest BCUT2D eigenvalue weighted by Gasteiger charge is 2.50. The molecule has 0 fully saturated rings. The Morgan fingerprint density at radius 1 is 1.19 bits per heavy atom. The van der Waals surface area contributed by atoms with Crippen LogP contribution in [0.25, 0.3) is 22.2 Å². The number of hydrogen-bond acceptors (Lipinski definition) is 9. The lowest BCUT2D eigenvalue weighted by Crippen LogP contribution is -2.59. The van der Waals surface area contributed by atoms with E-state index >= 15 is 0 Å². The number of carbonyl (C=O) groups is 2. The third-order valence-electron chi connectivity index (χ3n) is 8.42. The fraction of sp³-hybridized carbons (Fsp3) is 0.419. The Balaban J connectivity index is 1.55. The number of aromatic nitrogens is 3. The van der Waals surface area contributed by atoms with Gasteiger partial charge in [-0.25, -0.2) is 25.0 Å². The molecule has 226 valence electrons. The molecular formula is C31H39N9O3. The molecule has 2 aromatic heterocycles. The van der Waals surface area contributed by atoms with Gasteiger partial charge in [0.1, 0.15) is 12.2 Å². The number of para-hydroxylation sites is 1. The Bertz CT molecular complexity index is 1610. The van der Waals surface area contributed by atoms with Gasteiger partial charge in [-0.05, 0) is 50.8 Å². The Kier molecular flexibility index (Phi) is 8.74. The third-order valence-corrected chi connectivity index (χ3v) is 8.42. The van der Waals surface area contributed by atoms with Crippen molar-refractivity contribution in [2.24, 2.45) is 15.7 Å². The molecule has 1 unspecified atom stereocenters. The molecule has 4 heterocycles. The van der Waals surface area contributed by atoms with Crippen LogP contribution in [0.15, 0.2) is 57.8 Å². The number of amides is 2. The van der Waals surface area contributed by atoms with E-state index in [9.17, 15) is 9.59 Å². The summed E-state index contributed by atoms with van der Waals surface area (Å²) in [6, 6.07) is 9.96. The number of benzene rings is 1. The first-order valence-electron chi connectivity index (χ1n) is 14.6. The number of carbonyl (C=O) groups excluding carboxylic acids is 2. The molecule has 12 heteroatoms. The number of nitrogens with zero attached hydrogens (tertiary/aromatic N) is 5. The van der Waals surface area contributed by atoms with Crippen LogP contribution in [0.1, 0.15) is 70.5 Å². The van der Waals surface area contributed by atoms with Crippen molar-refractivity contribution in [2.45, 2.75) is 70.3 Å². The second kappa shape index (κ2) is 12.6. The molecular weight excluding hydrogens is 546 g/mol. The van der Waals surface area contributed by atoms with Crippen LogP contribution in [0.4, 0.5) is 0 Å². The fourth-order valence-corrected chi connectivity index (χ4v) is 6.16. The van der Waals surface area contributed by atoms with E-state index in [1.807, 2.05) is 42.4 Å². The molecule has 0 spiro atoms. The number of hydrogen-bond donors (Lipinski definition) is 4. The Hall–Kier alpha value is -4.74. The molecule has 5 rings (SSSR count). The van der Waals surface area contributed by atoms with Crippen molar-refractivity contribution in [3.05, 3.63) is 53.6 Å². The lowest BCUT2D eigenvalue weighted by molar-refractivity contribution is -0.120. The molecule has 2 amide bonds. The first-order chi connectivity index (χ1) is 20.8. The van der Waals surface area contributed by atoms with Crippen molar-refractivity contribution in [1.82, 2.24) is 30.7 Å². The number of rotatable bonds is 13. The highest BCUT2D eigenvalue weighted by atomic mass is 16.5. The van der Waals surface area contributed by atoms with E-state index in [1.54, 1.807) is 20.5 Å². The average Bonchev–Trinajstić information content (AvgIpc) is 3.68. The van der Waals surface area contributed by atoms with Gasteiger partial charge in [-0.1, -0.05) is 31.0 Å². The summed E-state index contributed by atoms with van der Waals surface area (Å²) < 4.78 is 5.68. The van der Waals surface area contributed by atoms with Gasteiger partial charge in [0.2, 0.25) is 23.7 Å². The summed E-state index contributed by atoms with van der Waals surface area (Å²) in [5.41, 5.74) is 12.4. The SMILES string of the molecule is CNC(=O)CCCCCC(c1ncc(-c2cc3ccccc3nc2OC)[nH]1)[C@@]1(C)C(CCC(N)=O)=C(C)N=C2N=CNN21. The topological polar surface area (TPSA) is 163 Å². The number of nitrogens with one attached hydrogen (secondary N) is 3. The number of fused-ring (bicyclic) bond motifs is 2. The lowest BCUT2D eigenvalue weighted by atomic mass is 9.72. The summed E-state index contributed by atoms with van der Waals surface area (Å²) in [6.07, 6.45) is 7.85. The number of aliphatic imine (C=N–C) groups is 2. The van der Waals surface area contributed by atoms with Crippen LogP contribution >= 0.6 is 0 Å². The van der Waals surface area contributed by atoms with Crippen molar-refractivity contribution < 1.29 is 14.3 Å². The summed E-state index contributed by atoms with van der Waals surface area (Å²) in [5, 5.41) is 5.65.